The molecule has 1 saturated carbocycles. The molecule has 5 heteroatoms. The highest BCUT2D eigenvalue weighted by Crippen LogP contribution is 2.40. The van der Waals surface area contributed by atoms with Crippen molar-refractivity contribution in [1.82, 2.24) is 0 Å². The van der Waals surface area contributed by atoms with Gasteiger partial charge < -0.3 is 20.3 Å². The third-order valence-corrected chi connectivity index (χ3v) is 4.87. The first-order chi connectivity index (χ1) is 9.28. The van der Waals surface area contributed by atoms with Gasteiger partial charge in [0.2, 0.25) is 0 Å². The molecule has 104 valence electrons. The zero-order valence-corrected chi connectivity index (χ0v) is 11.6. The van der Waals surface area contributed by atoms with Crippen molar-refractivity contribution in [3.05, 3.63) is 18.2 Å². The highest BCUT2D eigenvalue weighted by atomic mass is 32.2. The number of thioether (sulfide) groups is 1. The second-order valence-electron chi connectivity index (χ2n) is 5.06. The van der Waals surface area contributed by atoms with Crippen molar-refractivity contribution in [2.75, 3.05) is 19.8 Å². The Morgan fingerprint density at radius 1 is 1.26 bits per heavy atom. The Morgan fingerprint density at radius 3 is 2.68 bits per heavy atom. The second-order valence-corrected chi connectivity index (χ2v) is 6.37. The molecule has 2 unspecified atom stereocenters. The minimum Gasteiger partial charge on any atom is -0.486 e. The number of ether oxygens (including phenoxy) is 2. The number of benzene rings is 1. The van der Waals surface area contributed by atoms with Crippen LogP contribution < -0.4 is 15.2 Å². The Morgan fingerprint density at radius 2 is 2.00 bits per heavy atom. The summed E-state index contributed by atoms with van der Waals surface area (Å²) in [5, 5.41) is 9.57. The van der Waals surface area contributed by atoms with Gasteiger partial charge in [-0.3, -0.25) is 0 Å². The Hall–Kier alpha value is -0.910. The largest absolute Gasteiger partial charge is 0.486 e. The summed E-state index contributed by atoms with van der Waals surface area (Å²) in [5.74, 6) is 2.16. The van der Waals surface area contributed by atoms with Gasteiger partial charge in [0.15, 0.2) is 11.5 Å². The quantitative estimate of drug-likeness (QED) is 0.803. The summed E-state index contributed by atoms with van der Waals surface area (Å²) in [4.78, 5) is 1.07. The zero-order valence-electron chi connectivity index (χ0n) is 10.7. The average Bonchev–Trinajstić information content (AvgIpc) is 3.28. The highest BCUT2D eigenvalue weighted by molar-refractivity contribution is 8.00. The first kappa shape index (κ1) is 13.1. The van der Waals surface area contributed by atoms with Gasteiger partial charge in [0, 0.05) is 16.2 Å². The fourth-order valence-electron chi connectivity index (χ4n) is 2.29. The molecule has 19 heavy (non-hydrogen) atoms. The monoisotopic (exact) mass is 281 g/mol. The van der Waals surface area contributed by atoms with Gasteiger partial charge in [0.05, 0.1) is 6.61 Å². The summed E-state index contributed by atoms with van der Waals surface area (Å²) in [6, 6.07) is 5.97. The van der Waals surface area contributed by atoms with E-state index >= 15 is 0 Å². The van der Waals surface area contributed by atoms with Gasteiger partial charge in [-0.25, -0.2) is 0 Å². The number of nitrogens with two attached hydrogens (primary N) is 1. The summed E-state index contributed by atoms with van der Waals surface area (Å²) < 4.78 is 11.1. The number of hydrogen-bond donors (Lipinski definition) is 2. The lowest BCUT2D eigenvalue weighted by Crippen LogP contribution is -2.36. The molecule has 1 aromatic rings. The third kappa shape index (κ3) is 2.99. The predicted octanol–water partition coefficient (Wildman–Crippen LogP) is 1.65. The van der Waals surface area contributed by atoms with E-state index < -0.39 is 0 Å². The van der Waals surface area contributed by atoms with Crippen LogP contribution in [0.15, 0.2) is 23.1 Å². The molecule has 3 rings (SSSR count). The molecule has 3 N–H and O–H groups in total. The summed E-state index contributed by atoms with van der Waals surface area (Å²) in [5.41, 5.74) is 6.18. The Labute approximate surface area is 117 Å². The van der Waals surface area contributed by atoms with E-state index in [1.54, 1.807) is 11.8 Å². The molecule has 0 saturated heterocycles. The van der Waals surface area contributed by atoms with E-state index in [0.29, 0.717) is 19.1 Å². The third-order valence-electron chi connectivity index (χ3n) is 3.58. The molecule has 1 aromatic carbocycles. The lowest BCUT2D eigenvalue weighted by molar-refractivity contribution is 0.171. The number of rotatable bonds is 5. The van der Waals surface area contributed by atoms with E-state index in [1.165, 1.54) is 12.8 Å². The summed E-state index contributed by atoms with van der Waals surface area (Å²) >= 11 is 1.63. The number of hydrogen-bond acceptors (Lipinski definition) is 5. The standard InChI is InChI=1S/C14H19NO3S/c15-14(9-1-2-9)13(8-16)19-10-3-4-11-12(7-10)18-6-5-17-11/h3-4,7,9,13-14,16H,1-2,5-6,8,15H2. The van der Waals surface area contributed by atoms with Crippen LogP contribution in [0.2, 0.25) is 0 Å². The Kier molecular flexibility index (Phi) is 3.86. The normalized spacial score (nSPS) is 20.9. The van der Waals surface area contributed by atoms with Crippen LogP contribution in [0.1, 0.15) is 12.8 Å². The van der Waals surface area contributed by atoms with Gasteiger partial charge in [-0.15, -0.1) is 11.8 Å². The van der Waals surface area contributed by atoms with Gasteiger partial charge in [-0.05, 0) is 37.0 Å². The van der Waals surface area contributed by atoms with Crippen LogP contribution in [0.25, 0.3) is 0 Å². The van der Waals surface area contributed by atoms with E-state index in [9.17, 15) is 5.11 Å². The first-order valence-electron chi connectivity index (χ1n) is 6.70. The number of aliphatic hydroxyl groups excluding tert-OH is 1. The van der Waals surface area contributed by atoms with E-state index in [0.717, 1.165) is 16.4 Å². The Bertz CT molecular complexity index is 450. The lowest BCUT2D eigenvalue weighted by atomic mass is 10.1. The molecule has 1 fully saturated rings. The van der Waals surface area contributed by atoms with Crippen LogP contribution in [-0.2, 0) is 0 Å². The molecule has 0 aromatic heterocycles. The molecule has 0 amide bonds. The number of fused-ring (bicyclic) bond motifs is 1. The second kappa shape index (κ2) is 5.61. The topological polar surface area (TPSA) is 64.7 Å². The maximum absolute atomic E-state index is 9.52. The van der Waals surface area contributed by atoms with Crippen molar-refractivity contribution in [2.24, 2.45) is 11.7 Å². The van der Waals surface area contributed by atoms with Gasteiger partial charge in [0.1, 0.15) is 13.2 Å². The van der Waals surface area contributed by atoms with Gasteiger partial charge in [-0.1, -0.05) is 0 Å². The minimum atomic E-state index is 0.0510. The fraction of sp³-hybridized carbons (Fsp3) is 0.571. The predicted molar refractivity (Wildman–Crippen MR) is 74.9 cm³/mol. The average molecular weight is 281 g/mol. The molecule has 0 bridgehead atoms. The molecule has 1 heterocycles. The van der Waals surface area contributed by atoms with Crippen molar-refractivity contribution in [2.45, 2.75) is 29.0 Å². The van der Waals surface area contributed by atoms with Crippen molar-refractivity contribution >= 4 is 11.8 Å². The highest BCUT2D eigenvalue weighted by Gasteiger charge is 2.34. The van der Waals surface area contributed by atoms with Gasteiger partial charge in [0.25, 0.3) is 0 Å². The molecule has 4 nitrogen and oxygen atoms in total. The lowest BCUT2D eigenvalue weighted by Gasteiger charge is -2.23. The molecule has 2 atom stereocenters. The van der Waals surface area contributed by atoms with Crippen molar-refractivity contribution in [1.29, 1.82) is 0 Å². The maximum atomic E-state index is 9.52. The SMILES string of the molecule is NC(C1CC1)C(CO)Sc1ccc2c(c1)OCCO2. The van der Waals surface area contributed by atoms with Crippen molar-refractivity contribution in [3.8, 4) is 11.5 Å². The molecule has 1 aliphatic carbocycles. The van der Waals surface area contributed by atoms with E-state index in [2.05, 4.69) is 0 Å². The smallest absolute Gasteiger partial charge is 0.162 e. The fourth-order valence-corrected chi connectivity index (χ4v) is 3.42. The molecule has 0 radical (unpaired) electrons. The van der Waals surface area contributed by atoms with E-state index in [1.807, 2.05) is 18.2 Å². The van der Waals surface area contributed by atoms with Gasteiger partial charge in [-0.2, -0.15) is 0 Å². The van der Waals surface area contributed by atoms with E-state index in [-0.39, 0.29) is 17.9 Å². The Balaban J connectivity index is 1.70. The van der Waals surface area contributed by atoms with Crippen LogP contribution in [0.4, 0.5) is 0 Å². The van der Waals surface area contributed by atoms with Crippen LogP contribution in [-0.4, -0.2) is 36.2 Å². The summed E-state index contributed by atoms with van der Waals surface area (Å²) in [6.45, 7) is 1.30. The molecular weight excluding hydrogens is 262 g/mol. The van der Waals surface area contributed by atoms with Gasteiger partial charge >= 0.3 is 0 Å². The van der Waals surface area contributed by atoms with Crippen LogP contribution in [0.3, 0.4) is 0 Å². The van der Waals surface area contributed by atoms with Crippen LogP contribution in [0, 0.1) is 5.92 Å². The maximum Gasteiger partial charge on any atom is 0.162 e. The van der Waals surface area contributed by atoms with Crippen LogP contribution >= 0.6 is 11.8 Å². The minimum absolute atomic E-state index is 0.0510. The molecule has 0 spiro atoms. The summed E-state index contributed by atoms with van der Waals surface area (Å²) in [6.07, 6.45) is 2.39. The molecular formula is C14H19NO3S. The van der Waals surface area contributed by atoms with Crippen LogP contribution in [0.5, 0.6) is 11.5 Å². The first-order valence-corrected chi connectivity index (χ1v) is 7.58. The molecule has 2 aliphatic rings. The van der Waals surface area contributed by atoms with Crippen molar-refractivity contribution in [3.63, 3.8) is 0 Å². The summed E-state index contributed by atoms with van der Waals surface area (Å²) in [7, 11) is 0. The zero-order chi connectivity index (χ0) is 13.2. The number of aliphatic hydroxyl groups is 1. The van der Waals surface area contributed by atoms with Crippen molar-refractivity contribution < 1.29 is 14.6 Å². The molecule has 1 aliphatic heterocycles. The van der Waals surface area contributed by atoms with E-state index in [4.69, 9.17) is 15.2 Å².